The number of nitrogens with two attached hydrogens (primary N) is 1. The van der Waals surface area contributed by atoms with Crippen molar-refractivity contribution < 1.29 is 9.59 Å². The van der Waals surface area contributed by atoms with Gasteiger partial charge in [-0.2, -0.15) is 0 Å². The minimum absolute atomic E-state index is 0.00269. The van der Waals surface area contributed by atoms with Gasteiger partial charge in [0.15, 0.2) is 0 Å². The average molecular weight is 289 g/mol. The number of likely N-dealkylation sites (tertiary alicyclic amines) is 1. The van der Waals surface area contributed by atoms with Crippen LogP contribution in [0.4, 0.5) is 0 Å². The predicted octanol–water partition coefficient (Wildman–Crippen LogP) is 0.786. The van der Waals surface area contributed by atoms with Crippen LogP contribution in [0.15, 0.2) is 24.3 Å². The first-order valence-electron chi connectivity index (χ1n) is 7.45. The summed E-state index contributed by atoms with van der Waals surface area (Å²) in [5.74, 6) is -0.0714. The molecule has 2 rings (SSSR count). The Morgan fingerprint density at radius 3 is 2.67 bits per heavy atom. The van der Waals surface area contributed by atoms with E-state index in [0.29, 0.717) is 18.7 Å². The van der Waals surface area contributed by atoms with Crippen molar-refractivity contribution in [1.29, 1.82) is 0 Å². The summed E-state index contributed by atoms with van der Waals surface area (Å²) in [5, 5.41) is 2.67. The molecular formula is C16H23N3O2. The van der Waals surface area contributed by atoms with Gasteiger partial charge in [0.25, 0.3) is 5.91 Å². The van der Waals surface area contributed by atoms with Gasteiger partial charge in [0, 0.05) is 25.7 Å². The van der Waals surface area contributed by atoms with Gasteiger partial charge in [-0.3, -0.25) is 9.59 Å². The SMILES string of the molecule is CNC(=O)C1CCCN(C(=O)c2ccc(CCN)cc2)C1. The molecule has 1 aliphatic heterocycles. The molecule has 0 radical (unpaired) electrons. The van der Waals surface area contributed by atoms with E-state index in [1.54, 1.807) is 11.9 Å². The molecule has 0 aromatic heterocycles. The highest BCUT2D eigenvalue weighted by atomic mass is 16.2. The molecule has 0 aliphatic carbocycles. The van der Waals surface area contributed by atoms with Crippen molar-refractivity contribution in [3.63, 3.8) is 0 Å². The zero-order valence-corrected chi connectivity index (χ0v) is 12.5. The second-order valence-corrected chi connectivity index (χ2v) is 5.44. The van der Waals surface area contributed by atoms with Crippen molar-refractivity contribution >= 4 is 11.8 Å². The number of nitrogens with one attached hydrogen (secondary N) is 1. The second kappa shape index (κ2) is 7.22. The molecule has 1 unspecified atom stereocenters. The summed E-state index contributed by atoms with van der Waals surface area (Å²) in [6.45, 7) is 1.83. The fourth-order valence-electron chi connectivity index (χ4n) is 2.74. The zero-order valence-electron chi connectivity index (χ0n) is 12.5. The summed E-state index contributed by atoms with van der Waals surface area (Å²) in [4.78, 5) is 26.0. The number of benzene rings is 1. The molecule has 1 fully saturated rings. The molecule has 1 atom stereocenters. The molecule has 0 saturated carbocycles. The molecule has 0 spiro atoms. The van der Waals surface area contributed by atoms with E-state index in [9.17, 15) is 9.59 Å². The first kappa shape index (κ1) is 15.5. The van der Waals surface area contributed by atoms with E-state index in [-0.39, 0.29) is 17.7 Å². The highest BCUT2D eigenvalue weighted by molar-refractivity contribution is 5.94. The van der Waals surface area contributed by atoms with E-state index in [4.69, 9.17) is 5.73 Å². The number of nitrogens with zero attached hydrogens (tertiary/aromatic N) is 1. The molecule has 5 heteroatoms. The normalized spacial score (nSPS) is 18.4. The minimum atomic E-state index is -0.0933. The van der Waals surface area contributed by atoms with Crippen molar-refractivity contribution in [2.45, 2.75) is 19.3 Å². The fourth-order valence-corrected chi connectivity index (χ4v) is 2.74. The van der Waals surface area contributed by atoms with Crippen LogP contribution in [-0.4, -0.2) is 43.4 Å². The smallest absolute Gasteiger partial charge is 0.253 e. The van der Waals surface area contributed by atoms with Crippen LogP contribution in [0.1, 0.15) is 28.8 Å². The highest BCUT2D eigenvalue weighted by Gasteiger charge is 2.28. The van der Waals surface area contributed by atoms with E-state index in [1.807, 2.05) is 24.3 Å². The summed E-state index contributed by atoms with van der Waals surface area (Å²) in [7, 11) is 1.64. The van der Waals surface area contributed by atoms with Crippen LogP contribution in [0, 0.1) is 5.92 Å². The van der Waals surface area contributed by atoms with Gasteiger partial charge in [-0.25, -0.2) is 0 Å². The van der Waals surface area contributed by atoms with Gasteiger partial charge in [0.05, 0.1) is 5.92 Å². The molecule has 3 N–H and O–H groups in total. The summed E-state index contributed by atoms with van der Waals surface area (Å²) < 4.78 is 0. The lowest BCUT2D eigenvalue weighted by Gasteiger charge is -2.31. The summed E-state index contributed by atoms with van der Waals surface area (Å²) in [6.07, 6.45) is 2.53. The number of carbonyl (C=O) groups is 2. The third kappa shape index (κ3) is 3.82. The van der Waals surface area contributed by atoms with Crippen LogP contribution in [0.25, 0.3) is 0 Å². The largest absolute Gasteiger partial charge is 0.359 e. The minimum Gasteiger partial charge on any atom is -0.359 e. The van der Waals surface area contributed by atoms with E-state index >= 15 is 0 Å². The van der Waals surface area contributed by atoms with Crippen LogP contribution in [0.5, 0.6) is 0 Å². The van der Waals surface area contributed by atoms with Crippen molar-refractivity contribution in [2.24, 2.45) is 11.7 Å². The van der Waals surface area contributed by atoms with Crippen molar-refractivity contribution in [3.05, 3.63) is 35.4 Å². The first-order chi connectivity index (χ1) is 10.2. The van der Waals surface area contributed by atoms with Crippen LogP contribution < -0.4 is 11.1 Å². The van der Waals surface area contributed by atoms with E-state index in [0.717, 1.165) is 31.4 Å². The van der Waals surface area contributed by atoms with Crippen LogP contribution in [0.2, 0.25) is 0 Å². The van der Waals surface area contributed by atoms with Gasteiger partial charge in [-0.05, 0) is 43.5 Å². The van der Waals surface area contributed by atoms with E-state index < -0.39 is 0 Å². The van der Waals surface area contributed by atoms with Gasteiger partial charge in [0.2, 0.25) is 5.91 Å². The summed E-state index contributed by atoms with van der Waals surface area (Å²) >= 11 is 0. The molecule has 1 aromatic rings. The topological polar surface area (TPSA) is 75.4 Å². The van der Waals surface area contributed by atoms with Crippen molar-refractivity contribution in [1.82, 2.24) is 10.2 Å². The summed E-state index contributed by atoms with van der Waals surface area (Å²) in [6, 6.07) is 7.58. The van der Waals surface area contributed by atoms with E-state index in [2.05, 4.69) is 5.32 Å². The number of amides is 2. The molecule has 0 bridgehead atoms. The number of hydrogen-bond donors (Lipinski definition) is 2. The van der Waals surface area contributed by atoms with Gasteiger partial charge < -0.3 is 16.0 Å². The number of rotatable bonds is 4. The Morgan fingerprint density at radius 2 is 2.05 bits per heavy atom. The quantitative estimate of drug-likeness (QED) is 0.860. The fraction of sp³-hybridized carbons (Fsp3) is 0.500. The Morgan fingerprint density at radius 1 is 1.33 bits per heavy atom. The maximum atomic E-state index is 12.5. The Kier molecular flexibility index (Phi) is 5.33. The predicted molar refractivity (Wildman–Crippen MR) is 81.9 cm³/mol. The summed E-state index contributed by atoms with van der Waals surface area (Å²) in [5.41, 5.74) is 7.33. The molecule has 1 heterocycles. The molecule has 1 saturated heterocycles. The number of hydrogen-bond acceptors (Lipinski definition) is 3. The highest BCUT2D eigenvalue weighted by Crippen LogP contribution is 2.19. The number of piperidine rings is 1. The van der Waals surface area contributed by atoms with Crippen LogP contribution in [0.3, 0.4) is 0 Å². The maximum Gasteiger partial charge on any atom is 0.253 e. The van der Waals surface area contributed by atoms with Crippen LogP contribution in [-0.2, 0) is 11.2 Å². The monoisotopic (exact) mass is 289 g/mol. The average Bonchev–Trinajstić information content (AvgIpc) is 2.54. The lowest BCUT2D eigenvalue weighted by atomic mass is 9.96. The molecular weight excluding hydrogens is 266 g/mol. The zero-order chi connectivity index (χ0) is 15.2. The first-order valence-corrected chi connectivity index (χ1v) is 7.45. The molecule has 2 amide bonds. The molecule has 114 valence electrons. The Labute approximate surface area is 125 Å². The lowest BCUT2D eigenvalue weighted by molar-refractivity contribution is -0.125. The Balaban J connectivity index is 2.03. The molecule has 1 aromatic carbocycles. The van der Waals surface area contributed by atoms with Gasteiger partial charge in [-0.15, -0.1) is 0 Å². The van der Waals surface area contributed by atoms with Crippen molar-refractivity contribution in [2.75, 3.05) is 26.7 Å². The third-order valence-electron chi connectivity index (χ3n) is 3.96. The molecule has 5 nitrogen and oxygen atoms in total. The molecule has 1 aliphatic rings. The molecule has 21 heavy (non-hydrogen) atoms. The van der Waals surface area contributed by atoms with Crippen LogP contribution >= 0.6 is 0 Å². The standard InChI is InChI=1S/C16H23N3O2/c1-18-15(20)14-3-2-10-19(11-14)16(21)13-6-4-12(5-7-13)8-9-17/h4-7,14H,2-3,8-11,17H2,1H3,(H,18,20). The Bertz CT molecular complexity index is 499. The van der Waals surface area contributed by atoms with Gasteiger partial charge in [-0.1, -0.05) is 12.1 Å². The van der Waals surface area contributed by atoms with Gasteiger partial charge in [0.1, 0.15) is 0 Å². The number of carbonyl (C=O) groups excluding carboxylic acids is 2. The lowest BCUT2D eigenvalue weighted by Crippen LogP contribution is -2.44. The maximum absolute atomic E-state index is 12.5. The Hall–Kier alpha value is -1.88. The van der Waals surface area contributed by atoms with E-state index in [1.165, 1.54) is 0 Å². The van der Waals surface area contributed by atoms with Gasteiger partial charge >= 0.3 is 0 Å². The second-order valence-electron chi connectivity index (χ2n) is 5.44. The third-order valence-corrected chi connectivity index (χ3v) is 3.96. The van der Waals surface area contributed by atoms with Crippen molar-refractivity contribution in [3.8, 4) is 0 Å².